The molecule has 0 spiro atoms. The molecule has 6 nitrogen and oxygen atoms in total. The van der Waals surface area contributed by atoms with Crippen molar-refractivity contribution in [1.29, 1.82) is 0 Å². The molecule has 0 aromatic heterocycles. The van der Waals surface area contributed by atoms with Crippen LogP contribution in [0, 0.1) is 0 Å². The van der Waals surface area contributed by atoms with E-state index in [4.69, 9.17) is 11.6 Å². The Morgan fingerprint density at radius 1 is 0.938 bits per heavy atom. The van der Waals surface area contributed by atoms with Gasteiger partial charge >= 0.3 is 0 Å². The van der Waals surface area contributed by atoms with E-state index in [2.05, 4.69) is 10.6 Å². The van der Waals surface area contributed by atoms with Crippen molar-refractivity contribution < 1.29 is 14.4 Å². The fourth-order valence-corrected chi connectivity index (χ4v) is 3.77. The molecule has 3 aromatic carbocycles. The van der Waals surface area contributed by atoms with Crippen LogP contribution >= 0.6 is 11.6 Å². The number of halogens is 1. The third kappa shape index (κ3) is 5.15. The van der Waals surface area contributed by atoms with Gasteiger partial charge in [0.15, 0.2) is 0 Å². The Kier molecular flexibility index (Phi) is 6.52. The van der Waals surface area contributed by atoms with Gasteiger partial charge in [0.25, 0.3) is 5.91 Å². The van der Waals surface area contributed by atoms with Crippen LogP contribution in [0.5, 0.6) is 0 Å². The lowest BCUT2D eigenvalue weighted by molar-refractivity contribution is -0.119. The monoisotopic (exact) mass is 447 g/mol. The summed E-state index contributed by atoms with van der Waals surface area (Å²) in [7, 11) is 0. The molecule has 0 fully saturated rings. The van der Waals surface area contributed by atoms with Gasteiger partial charge in [0, 0.05) is 28.4 Å². The van der Waals surface area contributed by atoms with Crippen molar-refractivity contribution in [3.05, 3.63) is 94.5 Å². The van der Waals surface area contributed by atoms with Crippen molar-refractivity contribution in [1.82, 2.24) is 5.32 Å². The standard InChI is InChI=1S/C25H22ClN3O3/c26-20-9-6-17(7-10-20)16-29-22-12-11-21(14-19(22)8-13-24(29)31)28-23(30)15-27-25(32)18-4-2-1-3-5-18/h1-7,9-12,14H,8,13,15-16H2,(H,27,32)(H,28,30). The third-order valence-corrected chi connectivity index (χ3v) is 5.51. The maximum Gasteiger partial charge on any atom is 0.251 e. The Morgan fingerprint density at radius 2 is 1.69 bits per heavy atom. The minimum absolute atomic E-state index is 0.0628. The highest BCUT2D eigenvalue weighted by Crippen LogP contribution is 2.31. The zero-order valence-corrected chi connectivity index (χ0v) is 18.1. The molecule has 0 saturated carbocycles. The molecule has 4 rings (SSSR count). The molecule has 2 N–H and O–H groups in total. The zero-order valence-electron chi connectivity index (χ0n) is 17.3. The summed E-state index contributed by atoms with van der Waals surface area (Å²) < 4.78 is 0. The maximum atomic E-state index is 12.5. The normalized spacial score (nSPS) is 12.8. The van der Waals surface area contributed by atoms with Crippen LogP contribution in [0.4, 0.5) is 11.4 Å². The largest absolute Gasteiger partial charge is 0.343 e. The molecule has 3 amide bonds. The topological polar surface area (TPSA) is 78.5 Å². The minimum Gasteiger partial charge on any atom is -0.343 e. The Hall–Kier alpha value is -3.64. The molecule has 3 aromatic rings. The second kappa shape index (κ2) is 9.66. The van der Waals surface area contributed by atoms with Crippen LogP contribution in [0.3, 0.4) is 0 Å². The Labute approximate surface area is 191 Å². The predicted molar refractivity (Wildman–Crippen MR) is 125 cm³/mol. The molecule has 0 radical (unpaired) electrons. The summed E-state index contributed by atoms with van der Waals surface area (Å²) >= 11 is 5.96. The van der Waals surface area contributed by atoms with E-state index in [9.17, 15) is 14.4 Å². The second-order valence-electron chi connectivity index (χ2n) is 7.55. The van der Waals surface area contributed by atoms with Gasteiger partial charge in [0.2, 0.25) is 11.8 Å². The summed E-state index contributed by atoms with van der Waals surface area (Å²) in [6.07, 6.45) is 1.02. The molecule has 1 heterocycles. The molecule has 1 aliphatic rings. The molecule has 0 unspecified atom stereocenters. The number of nitrogens with zero attached hydrogens (tertiary/aromatic N) is 1. The van der Waals surface area contributed by atoms with E-state index in [1.54, 1.807) is 47.4 Å². The number of rotatable bonds is 6. The van der Waals surface area contributed by atoms with Gasteiger partial charge in [0.05, 0.1) is 13.1 Å². The van der Waals surface area contributed by atoms with Gasteiger partial charge in [-0.05, 0) is 60.0 Å². The van der Waals surface area contributed by atoms with Gasteiger partial charge in [-0.1, -0.05) is 41.9 Å². The quantitative estimate of drug-likeness (QED) is 0.594. The number of nitrogens with one attached hydrogen (secondary N) is 2. The molecular formula is C25H22ClN3O3. The Morgan fingerprint density at radius 3 is 2.44 bits per heavy atom. The van der Waals surface area contributed by atoms with E-state index < -0.39 is 0 Å². The molecule has 7 heteroatoms. The summed E-state index contributed by atoms with van der Waals surface area (Å²) in [6.45, 7) is 0.326. The average molecular weight is 448 g/mol. The highest BCUT2D eigenvalue weighted by molar-refractivity contribution is 6.30. The minimum atomic E-state index is -0.320. The van der Waals surface area contributed by atoms with Crippen LogP contribution in [0.25, 0.3) is 0 Å². The van der Waals surface area contributed by atoms with Crippen molar-refractivity contribution in [2.45, 2.75) is 19.4 Å². The summed E-state index contributed by atoms with van der Waals surface area (Å²) in [4.78, 5) is 38.7. The lowest BCUT2D eigenvalue weighted by atomic mass is 9.99. The summed E-state index contributed by atoms with van der Waals surface area (Å²) in [5.41, 5.74) is 3.95. The van der Waals surface area contributed by atoms with Crippen molar-refractivity contribution >= 4 is 40.7 Å². The summed E-state index contributed by atoms with van der Waals surface area (Å²) in [5, 5.41) is 6.07. The van der Waals surface area contributed by atoms with E-state index in [1.807, 2.05) is 30.3 Å². The van der Waals surface area contributed by atoms with Gasteiger partial charge in [0.1, 0.15) is 0 Å². The van der Waals surface area contributed by atoms with E-state index in [0.29, 0.717) is 35.7 Å². The molecule has 1 aliphatic heterocycles. The first-order valence-corrected chi connectivity index (χ1v) is 10.7. The van der Waals surface area contributed by atoms with Crippen molar-refractivity contribution in [2.24, 2.45) is 0 Å². The van der Waals surface area contributed by atoms with E-state index in [0.717, 1.165) is 16.8 Å². The number of benzene rings is 3. The number of carbonyl (C=O) groups is 3. The van der Waals surface area contributed by atoms with E-state index >= 15 is 0 Å². The number of fused-ring (bicyclic) bond motifs is 1. The predicted octanol–water partition coefficient (Wildman–Crippen LogP) is 4.19. The number of amides is 3. The first-order valence-electron chi connectivity index (χ1n) is 10.3. The lowest BCUT2D eigenvalue weighted by Crippen LogP contribution is -2.35. The van der Waals surface area contributed by atoms with E-state index in [-0.39, 0.29) is 24.3 Å². The molecular weight excluding hydrogens is 426 g/mol. The van der Waals surface area contributed by atoms with Crippen LogP contribution in [0.1, 0.15) is 27.9 Å². The first kappa shape index (κ1) is 21.6. The molecule has 0 saturated heterocycles. The summed E-state index contributed by atoms with van der Waals surface area (Å²) in [6, 6.07) is 21.7. The fourth-order valence-electron chi connectivity index (χ4n) is 3.64. The highest BCUT2D eigenvalue weighted by Gasteiger charge is 2.24. The van der Waals surface area contributed by atoms with Crippen LogP contribution < -0.4 is 15.5 Å². The number of hydrogen-bond donors (Lipinski definition) is 2. The van der Waals surface area contributed by atoms with Crippen molar-refractivity contribution in [2.75, 3.05) is 16.8 Å². The average Bonchev–Trinajstić information content (AvgIpc) is 2.81. The molecule has 0 aliphatic carbocycles. The highest BCUT2D eigenvalue weighted by atomic mass is 35.5. The third-order valence-electron chi connectivity index (χ3n) is 5.26. The van der Waals surface area contributed by atoms with Gasteiger partial charge < -0.3 is 15.5 Å². The van der Waals surface area contributed by atoms with Crippen molar-refractivity contribution in [3.8, 4) is 0 Å². The number of aryl methyl sites for hydroxylation is 1. The molecule has 0 bridgehead atoms. The van der Waals surface area contributed by atoms with E-state index in [1.165, 1.54) is 0 Å². The van der Waals surface area contributed by atoms with Crippen LogP contribution in [0.15, 0.2) is 72.8 Å². The van der Waals surface area contributed by atoms with Crippen LogP contribution in [-0.4, -0.2) is 24.3 Å². The SMILES string of the molecule is O=C(CNC(=O)c1ccccc1)Nc1ccc2c(c1)CCC(=O)N2Cc1ccc(Cl)cc1. The second-order valence-corrected chi connectivity index (χ2v) is 7.98. The fraction of sp³-hybridized carbons (Fsp3) is 0.160. The van der Waals surface area contributed by atoms with Crippen LogP contribution in [-0.2, 0) is 22.6 Å². The smallest absolute Gasteiger partial charge is 0.251 e. The number of hydrogen-bond acceptors (Lipinski definition) is 3. The molecule has 162 valence electrons. The lowest BCUT2D eigenvalue weighted by Gasteiger charge is -2.30. The van der Waals surface area contributed by atoms with Crippen molar-refractivity contribution in [3.63, 3.8) is 0 Å². The van der Waals surface area contributed by atoms with Crippen LogP contribution in [0.2, 0.25) is 5.02 Å². The Bertz CT molecular complexity index is 1150. The van der Waals surface area contributed by atoms with Gasteiger partial charge in [-0.2, -0.15) is 0 Å². The molecule has 32 heavy (non-hydrogen) atoms. The number of anilines is 2. The summed E-state index contributed by atoms with van der Waals surface area (Å²) in [5.74, 6) is -0.561. The first-order chi connectivity index (χ1) is 15.5. The Balaban J connectivity index is 1.40. The maximum absolute atomic E-state index is 12.5. The van der Waals surface area contributed by atoms with Gasteiger partial charge in [-0.3, -0.25) is 14.4 Å². The van der Waals surface area contributed by atoms with Gasteiger partial charge in [-0.25, -0.2) is 0 Å². The van der Waals surface area contributed by atoms with Gasteiger partial charge in [-0.15, -0.1) is 0 Å². The molecule has 0 atom stereocenters. The number of carbonyl (C=O) groups excluding carboxylic acids is 3. The zero-order chi connectivity index (χ0) is 22.5.